The van der Waals surface area contributed by atoms with Gasteiger partial charge in [0.25, 0.3) is 0 Å². The third kappa shape index (κ3) is 4.64. The molecular weight excluding hydrogens is 415 g/mol. The summed E-state index contributed by atoms with van der Waals surface area (Å²) in [5.74, 6) is 0.120. The predicted octanol–water partition coefficient (Wildman–Crippen LogP) is 3.70. The van der Waals surface area contributed by atoms with E-state index in [1.54, 1.807) is 31.3 Å². The van der Waals surface area contributed by atoms with E-state index in [0.29, 0.717) is 24.5 Å². The van der Waals surface area contributed by atoms with Crippen LogP contribution in [0.15, 0.2) is 36.4 Å². The molecular formula is C24H29FN2O5. The van der Waals surface area contributed by atoms with Crippen molar-refractivity contribution in [2.24, 2.45) is 5.92 Å². The molecule has 2 aromatic carbocycles. The zero-order valence-electron chi connectivity index (χ0n) is 19.0. The highest BCUT2D eigenvalue weighted by atomic mass is 19.1. The summed E-state index contributed by atoms with van der Waals surface area (Å²) >= 11 is 0. The number of hydrogen-bond donors (Lipinski definition) is 1. The maximum Gasteiger partial charge on any atom is 0.328 e. The molecule has 2 aromatic rings. The molecule has 3 rings (SSSR count). The minimum atomic E-state index is -0.784. The molecule has 0 unspecified atom stereocenters. The van der Waals surface area contributed by atoms with Crippen LogP contribution in [0.25, 0.3) is 0 Å². The van der Waals surface area contributed by atoms with Gasteiger partial charge in [0, 0.05) is 6.54 Å². The quantitative estimate of drug-likeness (QED) is 0.688. The Bertz CT molecular complexity index is 977. The van der Waals surface area contributed by atoms with Gasteiger partial charge in [-0.1, -0.05) is 26.0 Å². The van der Waals surface area contributed by atoms with Gasteiger partial charge in [-0.2, -0.15) is 0 Å². The molecule has 0 saturated heterocycles. The molecule has 1 aliphatic rings. The summed E-state index contributed by atoms with van der Waals surface area (Å²) in [6.07, 6.45) is 0.589. The van der Waals surface area contributed by atoms with Crippen LogP contribution in [0, 0.1) is 11.7 Å². The first-order valence-corrected chi connectivity index (χ1v) is 10.5. The maximum absolute atomic E-state index is 13.6. The molecule has 32 heavy (non-hydrogen) atoms. The Morgan fingerprint density at radius 3 is 2.25 bits per heavy atom. The van der Waals surface area contributed by atoms with Gasteiger partial charge in [0.2, 0.25) is 0 Å². The van der Waals surface area contributed by atoms with Gasteiger partial charge in [-0.25, -0.2) is 14.0 Å². The molecule has 0 radical (unpaired) electrons. The topological polar surface area (TPSA) is 77.1 Å². The molecule has 0 spiro atoms. The van der Waals surface area contributed by atoms with Crippen molar-refractivity contribution in [1.82, 2.24) is 10.2 Å². The first-order chi connectivity index (χ1) is 15.3. The van der Waals surface area contributed by atoms with Gasteiger partial charge in [-0.05, 0) is 53.3 Å². The average molecular weight is 445 g/mol. The lowest BCUT2D eigenvalue weighted by molar-refractivity contribution is -0.144. The van der Waals surface area contributed by atoms with Crippen molar-refractivity contribution < 1.29 is 28.2 Å². The second-order valence-corrected chi connectivity index (χ2v) is 8.00. The number of halogens is 1. The number of nitrogens with one attached hydrogen (secondary N) is 1. The molecule has 172 valence electrons. The van der Waals surface area contributed by atoms with E-state index in [1.165, 1.54) is 19.2 Å². The van der Waals surface area contributed by atoms with Crippen LogP contribution in [-0.4, -0.2) is 50.8 Å². The summed E-state index contributed by atoms with van der Waals surface area (Å²) in [6, 6.07) is 8.13. The highest BCUT2D eigenvalue weighted by Gasteiger charge is 2.35. The van der Waals surface area contributed by atoms with Gasteiger partial charge in [-0.15, -0.1) is 0 Å². The largest absolute Gasteiger partial charge is 0.493 e. The van der Waals surface area contributed by atoms with Crippen LogP contribution >= 0.6 is 0 Å². The van der Waals surface area contributed by atoms with Crippen molar-refractivity contribution in [3.63, 3.8) is 0 Å². The Morgan fingerprint density at radius 1 is 1.06 bits per heavy atom. The number of benzene rings is 2. The van der Waals surface area contributed by atoms with Crippen molar-refractivity contribution >= 4 is 12.0 Å². The van der Waals surface area contributed by atoms with Crippen LogP contribution in [0.4, 0.5) is 9.18 Å². The zero-order chi connectivity index (χ0) is 23.4. The van der Waals surface area contributed by atoms with E-state index in [2.05, 4.69) is 5.32 Å². The fourth-order valence-electron chi connectivity index (χ4n) is 4.01. The number of carbonyl (C=O) groups is 2. The van der Waals surface area contributed by atoms with Crippen molar-refractivity contribution in [3.8, 4) is 11.5 Å². The van der Waals surface area contributed by atoms with E-state index in [-0.39, 0.29) is 11.7 Å². The third-order valence-electron chi connectivity index (χ3n) is 5.72. The molecule has 2 atom stereocenters. The Morgan fingerprint density at radius 2 is 1.69 bits per heavy atom. The Balaban J connectivity index is 2.05. The second-order valence-electron chi connectivity index (χ2n) is 8.00. The van der Waals surface area contributed by atoms with Crippen LogP contribution in [0.2, 0.25) is 0 Å². The van der Waals surface area contributed by atoms with Crippen molar-refractivity contribution in [2.75, 3.05) is 27.9 Å². The molecule has 7 nitrogen and oxygen atoms in total. The minimum Gasteiger partial charge on any atom is -0.493 e. The summed E-state index contributed by atoms with van der Waals surface area (Å²) in [5.41, 5.74) is 2.61. The summed E-state index contributed by atoms with van der Waals surface area (Å²) < 4.78 is 29.4. The predicted molar refractivity (Wildman–Crippen MR) is 117 cm³/mol. The highest BCUT2D eigenvalue weighted by molar-refractivity contribution is 5.84. The number of methoxy groups -OCH3 is 3. The number of fused-ring (bicyclic) bond motifs is 1. The van der Waals surface area contributed by atoms with E-state index < -0.39 is 24.1 Å². The van der Waals surface area contributed by atoms with Gasteiger partial charge >= 0.3 is 12.0 Å². The van der Waals surface area contributed by atoms with Gasteiger partial charge in [0.15, 0.2) is 11.5 Å². The molecule has 8 heteroatoms. The fraction of sp³-hybridized carbons (Fsp3) is 0.417. The lowest BCUT2D eigenvalue weighted by Gasteiger charge is -2.39. The van der Waals surface area contributed by atoms with E-state index >= 15 is 0 Å². The number of nitrogens with zero attached hydrogens (tertiary/aromatic N) is 1. The SMILES string of the molecule is COC(=O)[C@@H](NC(=O)N1CCc2cc(OC)c(OC)cc2[C@H]1c1ccc(F)cc1)C(C)C. The van der Waals surface area contributed by atoms with Crippen LogP contribution < -0.4 is 14.8 Å². The molecule has 0 aromatic heterocycles. The molecule has 0 bridgehead atoms. The Kier molecular flexibility index (Phi) is 7.22. The third-order valence-corrected chi connectivity index (χ3v) is 5.72. The zero-order valence-corrected chi connectivity index (χ0v) is 19.0. The van der Waals surface area contributed by atoms with Crippen molar-refractivity contribution in [2.45, 2.75) is 32.4 Å². The number of urea groups is 1. The summed E-state index contributed by atoms with van der Waals surface area (Å²) in [5, 5.41) is 2.81. The molecule has 0 fully saturated rings. The van der Waals surface area contributed by atoms with Gasteiger partial charge in [0.05, 0.1) is 27.4 Å². The van der Waals surface area contributed by atoms with Gasteiger partial charge < -0.3 is 24.4 Å². The number of esters is 1. The lowest BCUT2D eigenvalue weighted by Crippen LogP contribution is -2.53. The smallest absolute Gasteiger partial charge is 0.328 e. The molecule has 0 aliphatic carbocycles. The molecule has 2 amide bonds. The summed E-state index contributed by atoms with van der Waals surface area (Å²) in [6.45, 7) is 4.08. The van der Waals surface area contributed by atoms with E-state index in [0.717, 1.165) is 16.7 Å². The summed E-state index contributed by atoms with van der Waals surface area (Å²) in [7, 11) is 4.42. The molecule has 0 saturated carbocycles. The van der Waals surface area contributed by atoms with Crippen LogP contribution in [0.3, 0.4) is 0 Å². The number of hydrogen-bond acceptors (Lipinski definition) is 5. The first kappa shape index (κ1) is 23.4. The van der Waals surface area contributed by atoms with Crippen LogP contribution in [0.1, 0.15) is 36.6 Å². The molecule has 1 N–H and O–H groups in total. The average Bonchev–Trinajstić information content (AvgIpc) is 2.80. The van der Waals surface area contributed by atoms with Crippen molar-refractivity contribution in [3.05, 3.63) is 58.9 Å². The standard InChI is InChI=1S/C24H29FN2O5/c1-14(2)21(23(28)32-5)26-24(29)27-11-10-16-12-19(30-3)20(31-4)13-18(16)22(27)15-6-8-17(25)9-7-15/h6-9,12-14,21-22H,10-11H2,1-5H3,(H,26,29)/t21-,22+/m0/s1. The van der Waals surface area contributed by atoms with Gasteiger partial charge in [0.1, 0.15) is 11.9 Å². The normalized spacial score (nSPS) is 16.2. The number of ether oxygens (including phenoxy) is 3. The Labute approximate surface area is 187 Å². The lowest BCUT2D eigenvalue weighted by atomic mass is 9.87. The number of carbonyl (C=O) groups excluding carboxylic acids is 2. The first-order valence-electron chi connectivity index (χ1n) is 10.5. The fourth-order valence-corrected chi connectivity index (χ4v) is 4.01. The van der Waals surface area contributed by atoms with Gasteiger partial charge in [-0.3, -0.25) is 0 Å². The van der Waals surface area contributed by atoms with E-state index in [4.69, 9.17) is 14.2 Å². The second kappa shape index (κ2) is 9.89. The van der Waals surface area contributed by atoms with E-state index in [9.17, 15) is 14.0 Å². The van der Waals surface area contributed by atoms with Crippen molar-refractivity contribution in [1.29, 1.82) is 0 Å². The number of rotatable bonds is 6. The monoisotopic (exact) mass is 444 g/mol. The van der Waals surface area contributed by atoms with E-state index in [1.807, 2.05) is 26.0 Å². The molecule has 1 heterocycles. The number of amides is 2. The van der Waals surface area contributed by atoms with Crippen LogP contribution in [-0.2, 0) is 16.0 Å². The van der Waals surface area contributed by atoms with Crippen LogP contribution in [0.5, 0.6) is 11.5 Å². The highest BCUT2D eigenvalue weighted by Crippen LogP contribution is 2.41. The minimum absolute atomic E-state index is 0.155. The Hall–Kier alpha value is -3.29. The molecule has 1 aliphatic heterocycles. The summed E-state index contributed by atoms with van der Waals surface area (Å²) in [4.78, 5) is 27.2. The maximum atomic E-state index is 13.6.